The van der Waals surface area contributed by atoms with Gasteiger partial charge in [-0.05, 0) is 53.7 Å². The molecular formula is C16H20N2OS. The Bertz CT molecular complexity index is 612. The molecule has 0 aliphatic rings. The molecule has 0 radical (unpaired) electrons. The van der Waals surface area contributed by atoms with Crippen LogP contribution in [-0.4, -0.2) is 30.7 Å². The summed E-state index contributed by atoms with van der Waals surface area (Å²) < 4.78 is 5.24. The zero-order valence-electron chi connectivity index (χ0n) is 12.1. The van der Waals surface area contributed by atoms with Crippen LogP contribution in [0.25, 0.3) is 10.8 Å². The second-order valence-electron chi connectivity index (χ2n) is 4.74. The molecule has 106 valence electrons. The molecule has 1 N–H and O–H groups in total. The summed E-state index contributed by atoms with van der Waals surface area (Å²) >= 11 is 5.30. The molecule has 4 heteroatoms. The molecule has 0 aliphatic carbocycles. The lowest BCUT2D eigenvalue weighted by Crippen LogP contribution is -2.36. The molecule has 0 spiro atoms. The summed E-state index contributed by atoms with van der Waals surface area (Å²) in [4.78, 5) is 2.05. The molecular weight excluding hydrogens is 268 g/mol. The number of nitrogens with zero attached hydrogens (tertiary/aromatic N) is 1. The molecule has 0 amide bonds. The van der Waals surface area contributed by atoms with E-state index in [0.717, 1.165) is 24.0 Å². The van der Waals surface area contributed by atoms with Gasteiger partial charge >= 0.3 is 0 Å². The van der Waals surface area contributed by atoms with Crippen molar-refractivity contribution in [1.29, 1.82) is 0 Å². The van der Waals surface area contributed by atoms with Crippen molar-refractivity contribution in [2.24, 2.45) is 0 Å². The van der Waals surface area contributed by atoms with Gasteiger partial charge in [0.05, 0.1) is 7.11 Å². The smallest absolute Gasteiger partial charge is 0.168 e. The number of rotatable bonds is 4. The lowest BCUT2D eigenvalue weighted by atomic mass is 10.1. The fourth-order valence-corrected chi connectivity index (χ4v) is 2.34. The maximum atomic E-state index is 5.30. The molecule has 0 atom stereocenters. The predicted molar refractivity (Wildman–Crippen MR) is 88.2 cm³/mol. The number of methoxy groups -OCH3 is 1. The van der Waals surface area contributed by atoms with Crippen molar-refractivity contribution in [3.8, 4) is 5.75 Å². The molecule has 0 aliphatic heterocycles. The quantitative estimate of drug-likeness (QED) is 0.873. The van der Waals surface area contributed by atoms with E-state index < -0.39 is 0 Å². The summed E-state index contributed by atoms with van der Waals surface area (Å²) in [7, 11) is 3.69. The Balaban J connectivity index is 2.17. The van der Waals surface area contributed by atoms with E-state index in [-0.39, 0.29) is 0 Å². The van der Waals surface area contributed by atoms with Gasteiger partial charge in [0.15, 0.2) is 5.11 Å². The first-order valence-corrected chi connectivity index (χ1v) is 7.10. The van der Waals surface area contributed by atoms with Crippen molar-refractivity contribution < 1.29 is 4.74 Å². The van der Waals surface area contributed by atoms with Gasteiger partial charge in [-0.3, -0.25) is 0 Å². The van der Waals surface area contributed by atoms with Crippen LogP contribution in [-0.2, 0) is 6.54 Å². The molecule has 3 nitrogen and oxygen atoms in total. The van der Waals surface area contributed by atoms with Crippen LogP contribution in [0.15, 0.2) is 36.4 Å². The molecule has 2 aromatic rings. The number of ether oxygens (including phenoxy) is 1. The van der Waals surface area contributed by atoms with E-state index in [9.17, 15) is 0 Å². The van der Waals surface area contributed by atoms with Gasteiger partial charge in [-0.25, -0.2) is 0 Å². The van der Waals surface area contributed by atoms with Gasteiger partial charge in [-0.15, -0.1) is 0 Å². The first-order valence-electron chi connectivity index (χ1n) is 6.69. The number of thiocarbonyl (C=S) groups is 1. The first kappa shape index (κ1) is 14.6. The van der Waals surface area contributed by atoms with E-state index in [0.29, 0.717) is 0 Å². The third-order valence-corrected chi connectivity index (χ3v) is 3.66. The summed E-state index contributed by atoms with van der Waals surface area (Å²) in [5.74, 6) is 0.885. The highest BCUT2D eigenvalue weighted by Crippen LogP contribution is 2.22. The van der Waals surface area contributed by atoms with Gasteiger partial charge in [-0.1, -0.05) is 18.2 Å². The summed E-state index contributed by atoms with van der Waals surface area (Å²) in [6.45, 7) is 3.69. The molecule has 0 bridgehead atoms. The lowest BCUT2D eigenvalue weighted by Gasteiger charge is -2.20. The van der Waals surface area contributed by atoms with Crippen molar-refractivity contribution in [2.45, 2.75) is 13.5 Å². The summed E-state index contributed by atoms with van der Waals surface area (Å²) in [5, 5.41) is 6.34. The van der Waals surface area contributed by atoms with Crippen LogP contribution < -0.4 is 10.1 Å². The van der Waals surface area contributed by atoms with Gasteiger partial charge in [0.2, 0.25) is 0 Å². The summed E-state index contributed by atoms with van der Waals surface area (Å²) in [6.07, 6.45) is 0. The second-order valence-corrected chi connectivity index (χ2v) is 5.13. The van der Waals surface area contributed by atoms with Crippen molar-refractivity contribution in [1.82, 2.24) is 10.2 Å². The maximum absolute atomic E-state index is 5.30. The van der Waals surface area contributed by atoms with Crippen molar-refractivity contribution in [3.05, 3.63) is 42.0 Å². The van der Waals surface area contributed by atoms with E-state index in [1.807, 2.05) is 31.0 Å². The average Bonchev–Trinajstić information content (AvgIpc) is 2.46. The average molecular weight is 288 g/mol. The standard InChI is InChI=1S/C16H20N2OS/c1-4-17-16(20)18(2)11-12-5-6-14-10-15(19-3)8-7-13(14)9-12/h5-10H,4,11H2,1-3H3,(H,17,20). The van der Waals surface area contributed by atoms with Gasteiger partial charge in [0, 0.05) is 20.1 Å². The van der Waals surface area contributed by atoms with Crippen LogP contribution in [0.2, 0.25) is 0 Å². The van der Waals surface area contributed by atoms with Crippen molar-refractivity contribution in [3.63, 3.8) is 0 Å². The van der Waals surface area contributed by atoms with Gasteiger partial charge in [0.1, 0.15) is 5.75 Å². The molecule has 2 rings (SSSR count). The summed E-state index contributed by atoms with van der Waals surface area (Å²) in [6, 6.07) is 12.6. The van der Waals surface area contributed by atoms with Crippen molar-refractivity contribution in [2.75, 3.05) is 20.7 Å². The Kier molecular flexibility index (Phi) is 4.79. The van der Waals surface area contributed by atoms with Crippen molar-refractivity contribution >= 4 is 28.1 Å². The normalized spacial score (nSPS) is 10.3. The van der Waals surface area contributed by atoms with E-state index >= 15 is 0 Å². The molecule has 0 saturated heterocycles. The van der Waals surface area contributed by atoms with Gasteiger partial charge in [0.25, 0.3) is 0 Å². The molecule has 0 aromatic heterocycles. The maximum Gasteiger partial charge on any atom is 0.168 e. The molecule has 0 heterocycles. The Morgan fingerprint density at radius 2 is 1.90 bits per heavy atom. The van der Waals surface area contributed by atoms with E-state index in [4.69, 9.17) is 17.0 Å². The van der Waals surface area contributed by atoms with Crippen LogP contribution in [0.4, 0.5) is 0 Å². The molecule has 20 heavy (non-hydrogen) atoms. The lowest BCUT2D eigenvalue weighted by molar-refractivity contribution is 0.415. The monoisotopic (exact) mass is 288 g/mol. The topological polar surface area (TPSA) is 24.5 Å². The molecule has 0 saturated carbocycles. The molecule has 0 fully saturated rings. The van der Waals surface area contributed by atoms with Crippen LogP contribution in [0.3, 0.4) is 0 Å². The van der Waals surface area contributed by atoms with E-state index in [2.05, 4.69) is 29.6 Å². The zero-order chi connectivity index (χ0) is 14.5. The SMILES string of the molecule is CCNC(=S)N(C)Cc1ccc2cc(OC)ccc2c1. The predicted octanol–water partition coefficient (Wildman–Crippen LogP) is 3.17. The number of hydrogen-bond acceptors (Lipinski definition) is 2. The molecule has 0 unspecified atom stereocenters. The number of nitrogens with one attached hydrogen (secondary N) is 1. The fourth-order valence-electron chi connectivity index (χ4n) is 2.13. The Morgan fingerprint density at radius 1 is 1.20 bits per heavy atom. The minimum absolute atomic E-state index is 0.780. The highest BCUT2D eigenvalue weighted by Gasteiger charge is 2.05. The number of benzene rings is 2. The second kappa shape index (κ2) is 6.57. The minimum atomic E-state index is 0.780. The first-order chi connectivity index (χ1) is 9.63. The number of fused-ring (bicyclic) bond motifs is 1. The Hall–Kier alpha value is -1.81. The Morgan fingerprint density at radius 3 is 2.60 bits per heavy atom. The van der Waals surface area contributed by atoms with E-state index in [1.165, 1.54) is 16.3 Å². The highest BCUT2D eigenvalue weighted by molar-refractivity contribution is 7.80. The largest absolute Gasteiger partial charge is 0.497 e. The third kappa shape index (κ3) is 3.39. The van der Waals surface area contributed by atoms with Crippen LogP contribution in [0, 0.1) is 0 Å². The fraction of sp³-hybridized carbons (Fsp3) is 0.312. The van der Waals surface area contributed by atoms with Crippen LogP contribution >= 0.6 is 12.2 Å². The van der Waals surface area contributed by atoms with Gasteiger partial charge < -0.3 is 15.0 Å². The summed E-state index contributed by atoms with van der Waals surface area (Å²) in [5.41, 5.74) is 1.24. The van der Waals surface area contributed by atoms with Gasteiger partial charge in [-0.2, -0.15) is 0 Å². The van der Waals surface area contributed by atoms with E-state index in [1.54, 1.807) is 7.11 Å². The highest BCUT2D eigenvalue weighted by atomic mass is 32.1. The Labute approximate surface area is 125 Å². The molecule has 2 aromatic carbocycles. The third-order valence-electron chi connectivity index (χ3n) is 3.21. The van der Waals surface area contributed by atoms with Crippen LogP contribution in [0.5, 0.6) is 5.75 Å². The minimum Gasteiger partial charge on any atom is -0.497 e. The van der Waals surface area contributed by atoms with Crippen LogP contribution in [0.1, 0.15) is 12.5 Å². The number of hydrogen-bond donors (Lipinski definition) is 1. The zero-order valence-corrected chi connectivity index (χ0v) is 13.0.